The molecule has 7 heavy (non-hydrogen) atoms. The first-order chi connectivity index (χ1) is 3.30. The third kappa shape index (κ3) is 0.718. The van der Waals surface area contributed by atoms with Gasteiger partial charge in [0.05, 0.1) is 0 Å². The van der Waals surface area contributed by atoms with Gasteiger partial charge in [-0.2, -0.15) is 0 Å². The fourth-order valence-corrected chi connectivity index (χ4v) is 0.380. The first kappa shape index (κ1) is 4.59. The van der Waals surface area contributed by atoms with Crippen LogP contribution in [-0.2, 0) is 14.3 Å². The molecule has 3 heteroatoms. The minimum atomic E-state index is -0.347. The Bertz CT molecular complexity index is 88.9. The molecule has 0 bridgehead atoms. The summed E-state index contributed by atoms with van der Waals surface area (Å²) in [6.45, 7) is 1.79. The van der Waals surface area contributed by atoms with Gasteiger partial charge in [-0.1, -0.05) is 0 Å². The van der Waals surface area contributed by atoms with E-state index >= 15 is 0 Å². The summed E-state index contributed by atoms with van der Waals surface area (Å²) in [5.74, 6) is -0.264. The second kappa shape index (κ2) is 1.50. The van der Waals surface area contributed by atoms with E-state index in [-0.39, 0.29) is 18.9 Å². The molecule has 0 aromatic rings. The van der Waals surface area contributed by atoms with Gasteiger partial charge in [-0.25, -0.2) is 4.79 Å². The molecule has 0 amide bonds. The van der Waals surface area contributed by atoms with E-state index < -0.39 is 0 Å². The van der Waals surface area contributed by atoms with Crippen LogP contribution in [0, 0.1) is 0 Å². The maximum atomic E-state index is 10.2. The van der Waals surface area contributed by atoms with Gasteiger partial charge in [-0.3, -0.25) is 0 Å². The van der Waals surface area contributed by atoms with Crippen molar-refractivity contribution in [1.82, 2.24) is 0 Å². The predicted octanol–water partition coefficient (Wildman–Crippen LogP) is -0.0942. The second-order valence-electron chi connectivity index (χ2n) is 1.39. The Morgan fingerprint density at radius 1 is 1.86 bits per heavy atom. The van der Waals surface area contributed by atoms with Crippen molar-refractivity contribution in [3.8, 4) is 0 Å². The van der Waals surface area contributed by atoms with E-state index in [9.17, 15) is 4.79 Å². The Labute approximate surface area is 41.2 Å². The van der Waals surface area contributed by atoms with Crippen LogP contribution in [0.15, 0.2) is 0 Å². The van der Waals surface area contributed by atoms with Crippen LogP contribution in [0.2, 0.25) is 0 Å². The lowest BCUT2D eigenvalue weighted by Crippen LogP contribution is -2.09. The molecule has 0 N–H and O–H groups in total. The van der Waals surface area contributed by atoms with Crippen molar-refractivity contribution in [2.75, 3.05) is 6.79 Å². The zero-order chi connectivity index (χ0) is 5.28. The highest BCUT2D eigenvalue weighted by molar-refractivity contribution is 5.75. The molecule has 3 nitrogen and oxygen atoms in total. The zero-order valence-corrected chi connectivity index (χ0v) is 4.01. The summed E-state index contributed by atoms with van der Waals surface area (Å²) in [7, 11) is 0. The van der Waals surface area contributed by atoms with E-state index in [4.69, 9.17) is 4.74 Å². The van der Waals surface area contributed by atoms with Gasteiger partial charge in [0, 0.05) is 0 Å². The summed E-state index contributed by atoms with van der Waals surface area (Å²) in [6.07, 6.45) is -0.347. The number of rotatable bonds is 0. The predicted molar refractivity (Wildman–Crippen MR) is 21.5 cm³/mol. The molecule has 0 saturated carbocycles. The molecule has 0 unspecified atom stereocenters. The van der Waals surface area contributed by atoms with Crippen LogP contribution >= 0.6 is 0 Å². The number of carbonyl (C=O) groups excluding carboxylic acids is 1. The van der Waals surface area contributed by atoms with Gasteiger partial charge in [-0.05, 0) is 6.92 Å². The molecule has 1 aliphatic rings. The van der Waals surface area contributed by atoms with Crippen LogP contribution in [-0.4, -0.2) is 18.9 Å². The number of cyclic esters (lactones) is 1. The van der Waals surface area contributed by atoms with Gasteiger partial charge in [0.15, 0.2) is 12.9 Å². The number of ether oxygens (including phenoxy) is 2. The van der Waals surface area contributed by atoms with Gasteiger partial charge in [0.2, 0.25) is 0 Å². The molecular formula is C4H6O3. The molecule has 0 spiro atoms. The molecular weight excluding hydrogens is 96.0 g/mol. The molecule has 0 aliphatic carbocycles. The summed E-state index contributed by atoms with van der Waals surface area (Å²) in [6, 6.07) is 0. The van der Waals surface area contributed by atoms with Crippen LogP contribution in [0.5, 0.6) is 0 Å². The third-order valence-electron chi connectivity index (χ3n) is 0.851. The molecule has 1 atom stereocenters. The Hall–Kier alpha value is -0.570. The summed E-state index contributed by atoms with van der Waals surface area (Å²) in [5, 5.41) is 0. The Morgan fingerprint density at radius 2 is 2.57 bits per heavy atom. The van der Waals surface area contributed by atoms with Crippen molar-refractivity contribution in [3.05, 3.63) is 0 Å². The van der Waals surface area contributed by atoms with E-state index in [1.54, 1.807) is 6.92 Å². The standard InChI is InChI=1S/C4H6O3/c1-3-4(5)7-2-6-3/h3H,2H2,1H3/t3-/m1/s1. The summed E-state index contributed by atoms with van der Waals surface area (Å²) in [5.41, 5.74) is 0. The van der Waals surface area contributed by atoms with Gasteiger partial charge in [0.1, 0.15) is 0 Å². The van der Waals surface area contributed by atoms with Gasteiger partial charge < -0.3 is 9.47 Å². The SMILES string of the molecule is C[C@H]1OCOC1=O. The van der Waals surface area contributed by atoms with E-state index in [0.29, 0.717) is 0 Å². The van der Waals surface area contributed by atoms with Crippen LogP contribution in [0.3, 0.4) is 0 Å². The monoisotopic (exact) mass is 102 g/mol. The molecule has 1 saturated heterocycles. The van der Waals surface area contributed by atoms with Crippen molar-refractivity contribution in [2.45, 2.75) is 13.0 Å². The minimum Gasteiger partial charge on any atom is -0.437 e. The van der Waals surface area contributed by atoms with Crippen molar-refractivity contribution in [2.24, 2.45) is 0 Å². The Kier molecular flexibility index (Phi) is 0.982. The first-order valence-corrected chi connectivity index (χ1v) is 2.09. The molecule has 0 aromatic carbocycles. The van der Waals surface area contributed by atoms with Gasteiger partial charge in [-0.15, -0.1) is 0 Å². The second-order valence-corrected chi connectivity index (χ2v) is 1.39. The lowest BCUT2D eigenvalue weighted by atomic mass is 10.4. The Morgan fingerprint density at radius 3 is 2.71 bits per heavy atom. The third-order valence-corrected chi connectivity index (χ3v) is 0.851. The average Bonchev–Trinajstić information content (AvgIpc) is 1.91. The topological polar surface area (TPSA) is 35.5 Å². The highest BCUT2D eigenvalue weighted by Crippen LogP contribution is 2.01. The maximum Gasteiger partial charge on any atom is 0.337 e. The lowest BCUT2D eigenvalue weighted by Gasteiger charge is -1.87. The molecule has 1 heterocycles. The Balaban J connectivity index is 2.48. The molecule has 0 aromatic heterocycles. The molecule has 0 radical (unpaired) electrons. The summed E-state index contributed by atoms with van der Waals surface area (Å²) in [4.78, 5) is 10.2. The quantitative estimate of drug-likeness (QED) is 0.401. The number of hydrogen-bond acceptors (Lipinski definition) is 3. The van der Waals surface area contributed by atoms with Crippen LogP contribution in [0.25, 0.3) is 0 Å². The minimum absolute atomic E-state index is 0.125. The van der Waals surface area contributed by atoms with Gasteiger partial charge in [0.25, 0.3) is 0 Å². The molecule has 1 aliphatic heterocycles. The summed E-state index contributed by atoms with van der Waals surface area (Å²) >= 11 is 0. The number of esters is 1. The normalized spacial score (nSPS) is 30.4. The van der Waals surface area contributed by atoms with Crippen molar-refractivity contribution in [3.63, 3.8) is 0 Å². The highest BCUT2D eigenvalue weighted by atomic mass is 16.7. The maximum absolute atomic E-state index is 10.2. The smallest absolute Gasteiger partial charge is 0.337 e. The van der Waals surface area contributed by atoms with E-state index in [1.165, 1.54) is 0 Å². The van der Waals surface area contributed by atoms with Crippen LogP contribution < -0.4 is 0 Å². The first-order valence-electron chi connectivity index (χ1n) is 2.09. The fourth-order valence-electron chi connectivity index (χ4n) is 0.380. The molecule has 1 rings (SSSR count). The number of hydrogen-bond donors (Lipinski definition) is 0. The fraction of sp³-hybridized carbons (Fsp3) is 0.750. The van der Waals surface area contributed by atoms with E-state index in [0.717, 1.165) is 0 Å². The van der Waals surface area contributed by atoms with Crippen LogP contribution in [0.1, 0.15) is 6.92 Å². The average molecular weight is 102 g/mol. The van der Waals surface area contributed by atoms with E-state index in [2.05, 4.69) is 4.74 Å². The highest BCUT2D eigenvalue weighted by Gasteiger charge is 2.21. The number of carbonyl (C=O) groups is 1. The van der Waals surface area contributed by atoms with Crippen LogP contribution in [0.4, 0.5) is 0 Å². The summed E-state index contributed by atoms with van der Waals surface area (Å²) < 4.78 is 9.10. The van der Waals surface area contributed by atoms with Crippen molar-refractivity contribution in [1.29, 1.82) is 0 Å². The van der Waals surface area contributed by atoms with Crippen molar-refractivity contribution >= 4 is 5.97 Å². The van der Waals surface area contributed by atoms with E-state index in [1.807, 2.05) is 0 Å². The largest absolute Gasteiger partial charge is 0.437 e. The lowest BCUT2D eigenvalue weighted by molar-refractivity contribution is -0.138. The zero-order valence-electron chi connectivity index (χ0n) is 4.01. The molecule has 40 valence electrons. The van der Waals surface area contributed by atoms with Gasteiger partial charge >= 0.3 is 5.97 Å². The molecule has 1 fully saturated rings. The van der Waals surface area contributed by atoms with Crippen molar-refractivity contribution < 1.29 is 14.3 Å².